The lowest BCUT2D eigenvalue weighted by atomic mass is 9.95. The van der Waals surface area contributed by atoms with Crippen LogP contribution >= 0.6 is 0 Å². The third-order valence-electron chi connectivity index (χ3n) is 3.59. The summed E-state index contributed by atoms with van der Waals surface area (Å²) < 4.78 is 10.3. The predicted molar refractivity (Wildman–Crippen MR) is 70.0 cm³/mol. The van der Waals surface area contributed by atoms with Gasteiger partial charge in [0, 0.05) is 33.4 Å². The van der Waals surface area contributed by atoms with Crippen molar-refractivity contribution >= 4 is 0 Å². The summed E-state index contributed by atoms with van der Waals surface area (Å²) in [5.41, 5.74) is 5.50. The molecule has 1 aliphatic carbocycles. The zero-order chi connectivity index (χ0) is 13.6. The highest BCUT2D eigenvalue weighted by Crippen LogP contribution is 2.38. The molecule has 0 aromatic rings. The molecule has 1 saturated carbocycles. The third kappa shape index (κ3) is 4.21. The van der Waals surface area contributed by atoms with E-state index in [1.165, 1.54) is 0 Å². The average Bonchev–Trinajstić information content (AvgIpc) is 3.19. The van der Waals surface area contributed by atoms with Gasteiger partial charge < -0.3 is 15.2 Å². The fourth-order valence-electron chi connectivity index (χ4n) is 2.20. The molecule has 1 rings (SSSR count). The van der Waals surface area contributed by atoms with Crippen LogP contribution in [-0.2, 0) is 9.47 Å². The first-order valence-electron chi connectivity index (χ1n) is 6.49. The Hall–Kier alpha value is -0.670. The summed E-state index contributed by atoms with van der Waals surface area (Å²) in [4.78, 5) is 2.19. The van der Waals surface area contributed by atoms with Crippen molar-refractivity contribution in [2.45, 2.75) is 31.3 Å². The van der Waals surface area contributed by atoms with Crippen LogP contribution in [0.4, 0.5) is 0 Å². The van der Waals surface area contributed by atoms with Crippen molar-refractivity contribution in [3.63, 3.8) is 0 Å². The number of nitrogens with zero attached hydrogens (tertiary/aromatic N) is 2. The molecule has 0 aliphatic heterocycles. The second-order valence-electron chi connectivity index (χ2n) is 5.19. The summed E-state index contributed by atoms with van der Waals surface area (Å²) in [6.07, 6.45) is 2.14. The molecule has 2 unspecified atom stereocenters. The van der Waals surface area contributed by atoms with Gasteiger partial charge in [-0.25, -0.2) is 0 Å². The Balaban J connectivity index is 2.61. The van der Waals surface area contributed by atoms with E-state index in [1.807, 2.05) is 0 Å². The first-order chi connectivity index (χ1) is 8.57. The van der Waals surface area contributed by atoms with E-state index >= 15 is 0 Å². The molecule has 0 aromatic heterocycles. The van der Waals surface area contributed by atoms with Crippen LogP contribution in [0.2, 0.25) is 0 Å². The van der Waals surface area contributed by atoms with E-state index in [9.17, 15) is 5.26 Å². The fourth-order valence-corrected chi connectivity index (χ4v) is 2.20. The van der Waals surface area contributed by atoms with Crippen molar-refractivity contribution in [2.24, 2.45) is 11.7 Å². The van der Waals surface area contributed by atoms with E-state index in [2.05, 4.69) is 17.9 Å². The first-order valence-corrected chi connectivity index (χ1v) is 6.49. The third-order valence-corrected chi connectivity index (χ3v) is 3.59. The summed E-state index contributed by atoms with van der Waals surface area (Å²) in [6, 6.07) is 2.54. The molecule has 0 amide bonds. The van der Waals surface area contributed by atoms with Crippen LogP contribution in [0.25, 0.3) is 0 Å². The van der Waals surface area contributed by atoms with Crippen LogP contribution in [0.5, 0.6) is 0 Å². The van der Waals surface area contributed by atoms with Crippen LogP contribution < -0.4 is 5.73 Å². The molecule has 0 heterocycles. The molecule has 1 aliphatic rings. The van der Waals surface area contributed by atoms with Crippen LogP contribution in [0.1, 0.15) is 19.8 Å². The number of methoxy groups -OCH3 is 2. The van der Waals surface area contributed by atoms with Crippen molar-refractivity contribution in [3.05, 3.63) is 0 Å². The van der Waals surface area contributed by atoms with Crippen molar-refractivity contribution < 1.29 is 9.47 Å². The summed E-state index contributed by atoms with van der Waals surface area (Å²) in [5.74, 6) is 0.349. The van der Waals surface area contributed by atoms with Gasteiger partial charge in [0.25, 0.3) is 0 Å². The highest BCUT2D eigenvalue weighted by Gasteiger charge is 2.44. The monoisotopic (exact) mass is 255 g/mol. The molecule has 104 valence electrons. The van der Waals surface area contributed by atoms with Gasteiger partial charge in [0.2, 0.25) is 0 Å². The minimum absolute atomic E-state index is 0.236. The quantitative estimate of drug-likeness (QED) is 0.653. The Morgan fingerprint density at radius 3 is 2.56 bits per heavy atom. The van der Waals surface area contributed by atoms with Gasteiger partial charge in [-0.05, 0) is 25.7 Å². The highest BCUT2D eigenvalue weighted by molar-refractivity contribution is 5.15. The van der Waals surface area contributed by atoms with E-state index in [-0.39, 0.29) is 6.04 Å². The normalized spacial score (nSPS) is 20.4. The molecule has 2 atom stereocenters. The number of ether oxygens (including phenoxy) is 2. The lowest BCUT2D eigenvalue weighted by Crippen LogP contribution is -2.54. The van der Waals surface area contributed by atoms with E-state index in [1.54, 1.807) is 14.2 Å². The maximum absolute atomic E-state index is 9.32. The molecule has 18 heavy (non-hydrogen) atoms. The minimum Gasteiger partial charge on any atom is -0.383 e. The smallest absolute Gasteiger partial charge is 0.119 e. The number of hydrogen-bond acceptors (Lipinski definition) is 5. The maximum atomic E-state index is 9.32. The second-order valence-corrected chi connectivity index (χ2v) is 5.19. The summed E-state index contributed by atoms with van der Waals surface area (Å²) in [6.45, 7) is 4.72. The van der Waals surface area contributed by atoms with Crippen LogP contribution in [-0.4, -0.2) is 57.0 Å². The van der Waals surface area contributed by atoms with Gasteiger partial charge in [-0.2, -0.15) is 5.26 Å². The number of nitriles is 1. The van der Waals surface area contributed by atoms with E-state index < -0.39 is 5.54 Å². The van der Waals surface area contributed by atoms with Crippen molar-refractivity contribution in [2.75, 3.05) is 40.5 Å². The number of rotatable bonds is 9. The second kappa shape index (κ2) is 7.05. The van der Waals surface area contributed by atoms with Gasteiger partial charge >= 0.3 is 0 Å². The van der Waals surface area contributed by atoms with E-state index in [4.69, 9.17) is 15.2 Å². The molecule has 0 bridgehead atoms. The van der Waals surface area contributed by atoms with Gasteiger partial charge in [0.1, 0.15) is 5.54 Å². The summed E-state index contributed by atoms with van der Waals surface area (Å²) >= 11 is 0. The largest absolute Gasteiger partial charge is 0.383 e. The van der Waals surface area contributed by atoms with E-state index in [0.29, 0.717) is 25.7 Å². The fraction of sp³-hybridized carbons (Fsp3) is 0.923. The van der Waals surface area contributed by atoms with E-state index in [0.717, 1.165) is 19.4 Å². The lowest BCUT2D eigenvalue weighted by molar-refractivity contribution is 0.0637. The summed E-state index contributed by atoms with van der Waals surface area (Å²) in [5, 5.41) is 9.32. The molecule has 0 aromatic carbocycles. The van der Waals surface area contributed by atoms with Gasteiger partial charge in [-0.3, -0.25) is 4.90 Å². The van der Waals surface area contributed by atoms with Gasteiger partial charge in [-0.1, -0.05) is 0 Å². The Morgan fingerprint density at radius 1 is 1.44 bits per heavy atom. The average molecular weight is 255 g/mol. The molecule has 2 N–H and O–H groups in total. The van der Waals surface area contributed by atoms with Crippen LogP contribution in [0, 0.1) is 17.2 Å². The van der Waals surface area contributed by atoms with Crippen molar-refractivity contribution in [3.8, 4) is 6.07 Å². The molecular weight excluding hydrogens is 230 g/mol. The zero-order valence-electron chi connectivity index (χ0n) is 11.7. The summed E-state index contributed by atoms with van der Waals surface area (Å²) in [7, 11) is 3.37. The molecule has 0 radical (unpaired) electrons. The topological polar surface area (TPSA) is 71.5 Å². The predicted octanol–water partition coefficient (Wildman–Crippen LogP) is 0.601. The van der Waals surface area contributed by atoms with Crippen LogP contribution in [0.3, 0.4) is 0 Å². The molecule has 5 heteroatoms. The molecule has 0 spiro atoms. The van der Waals surface area contributed by atoms with Crippen LogP contribution in [0.15, 0.2) is 0 Å². The molecule has 0 saturated heterocycles. The first kappa shape index (κ1) is 15.4. The lowest BCUT2D eigenvalue weighted by Gasteiger charge is -2.34. The van der Waals surface area contributed by atoms with Gasteiger partial charge in [0.05, 0.1) is 19.3 Å². The van der Waals surface area contributed by atoms with Gasteiger partial charge in [0.15, 0.2) is 0 Å². The molecule has 5 nitrogen and oxygen atoms in total. The zero-order valence-corrected chi connectivity index (χ0v) is 11.7. The molecule has 1 fully saturated rings. The Bertz CT molecular complexity index is 288. The SMILES string of the molecule is COCCN(CC(N)(C#N)C1CC1)C(C)COC. The van der Waals surface area contributed by atoms with Crippen molar-refractivity contribution in [1.29, 1.82) is 5.26 Å². The minimum atomic E-state index is -0.726. The van der Waals surface area contributed by atoms with Gasteiger partial charge in [-0.15, -0.1) is 0 Å². The maximum Gasteiger partial charge on any atom is 0.119 e. The highest BCUT2D eigenvalue weighted by atomic mass is 16.5. The Kier molecular flexibility index (Phi) is 6.03. The Labute approximate surface area is 110 Å². The Morgan fingerprint density at radius 2 is 2.11 bits per heavy atom. The van der Waals surface area contributed by atoms with Crippen molar-refractivity contribution in [1.82, 2.24) is 4.90 Å². The standard InChI is InChI=1S/C13H25N3O2/c1-11(8-18-3)16(6-7-17-2)10-13(15,9-14)12-4-5-12/h11-12H,4-8,10,15H2,1-3H3. The number of hydrogen-bond donors (Lipinski definition) is 1. The number of nitrogens with two attached hydrogens (primary N) is 1. The molecular formula is C13H25N3O2.